The fraction of sp³-hybridized carbons (Fsp3) is 0.158. The summed E-state index contributed by atoms with van der Waals surface area (Å²) in [6, 6.07) is 2.17. The number of fused-ring (bicyclic) bond motifs is 2. The summed E-state index contributed by atoms with van der Waals surface area (Å²) in [5, 5.41) is 33.4. The van der Waals surface area contributed by atoms with Gasteiger partial charge in [0, 0.05) is 19.2 Å². The Kier molecular flexibility index (Phi) is 6.48. The van der Waals surface area contributed by atoms with Crippen molar-refractivity contribution in [3.05, 3.63) is 47.9 Å². The van der Waals surface area contributed by atoms with E-state index in [2.05, 4.69) is 0 Å². The van der Waals surface area contributed by atoms with Gasteiger partial charge in [-0.1, -0.05) is 58.2 Å². The number of esters is 2. The van der Waals surface area contributed by atoms with Gasteiger partial charge in [-0.05, 0) is 16.8 Å². The molecule has 3 rings (SSSR count). The molecule has 0 radical (unpaired) electrons. The number of carbonyl (C=O) groups is 2. The van der Waals surface area contributed by atoms with E-state index in [1.165, 1.54) is 0 Å². The number of nitrogens with zero attached hydrogens (tertiary/aromatic N) is 1. The highest BCUT2D eigenvalue weighted by Gasteiger charge is 2.33. The minimum absolute atomic E-state index is 0.238. The molecule has 0 heterocycles. The molecule has 3 aromatic carbocycles. The van der Waals surface area contributed by atoms with Gasteiger partial charge in [0.1, 0.15) is 16.7 Å². The number of phenols is 1. The van der Waals surface area contributed by atoms with E-state index in [1.807, 2.05) is 0 Å². The summed E-state index contributed by atoms with van der Waals surface area (Å²) in [6.07, 6.45) is -1.83. The van der Waals surface area contributed by atoms with Crippen LogP contribution >= 0.6 is 46.4 Å². The predicted octanol–water partition coefficient (Wildman–Crippen LogP) is 5.42. The highest BCUT2D eigenvalue weighted by Crippen LogP contribution is 2.54. The molecule has 9 nitrogen and oxygen atoms in total. The van der Waals surface area contributed by atoms with Crippen molar-refractivity contribution in [2.45, 2.75) is 20.1 Å². The topological polar surface area (TPSA) is 139 Å². The first-order valence-corrected chi connectivity index (χ1v) is 10.0. The number of rotatable bonds is 4. The van der Waals surface area contributed by atoms with Crippen LogP contribution in [0.3, 0.4) is 0 Å². The molecule has 0 aliphatic heterocycles. The molecular formula is C19H10Cl4NO8-. The van der Waals surface area contributed by atoms with Crippen molar-refractivity contribution in [3.63, 3.8) is 0 Å². The summed E-state index contributed by atoms with van der Waals surface area (Å²) in [6.45, 7) is 2.00. The molecule has 0 saturated heterocycles. The summed E-state index contributed by atoms with van der Waals surface area (Å²) < 4.78 is 9.78. The quantitative estimate of drug-likeness (QED) is 0.0912. The Hall–Kier alpha value is -2.72. The molecule has 0 aliphatic rings. The summed E-state index contributed by atoms with van der Waals surface area (Å²) >= 11 is 24.3. The lowest BCUT2D eigenvalue weighted by Crippen LogP contribution is -2.16. The van der Waals surface area contributed by atoms with Crippen LogP contribution in [0, 0.1) is 10.1 Å². The van der Waals surface area contributed by atoms with Crippen LogP contribution in [0.4, 0.5) is 5.69 Å². The average Bonchev–Trinajstić information content (AvgIpc) is 2.70. The third kappa shape index (κ3) is 3.81. The Labute approximate surface area is 199 Å². The van der Waals surface area contributed by atoms with Gasteiger partial charge in [-0.15, -0.1) is 0 Å². The van der Waals surface area contributed by atoms with Gasteiger partial charge in [0.2, 0.25) is 0 Å². The molecule has 0 saturated carbocycles. The lowest BCUT2D eigenvalue weighted by Gasteiger charge is -2.22. The highest BCUT2D eigenvalue weighted by atomic mass is 35.5. The molecule has 0 unspecified atom stereocenters. The van der Waals surface area contributed by atoms with Gasteiger partial charge < -0.3 is 19.7 Å². The second kappa shape index (κ2) is 8.67. The van der Waals surface area contributed by atoms with Crippen LogP contribution in [0.2, 0.25) is 20.1 Å². The van der Waals surface area contributed by atoms with Gasteiger partial charge in [-0.25, -0.2) is 0 Å². The molecule has 168 valence electrons. The number of halogens is 4. The largest absolute Gasteiger partial charge is 0.872 e. The molecule has 32 heavy (non-hydrogen) atoms. The number of benzene rings is 3. The van der Waals surface area contributed by atoms with E-state index in [-0.39, 0.29) is 36.2 Å². The van der Waals surface area contributed by atoms with Crippen molar-refractivity contribution in [1.29, 1.82) is 0 Å². The number of hydrogen-bond acceptors (Lipinski definition) is 8. The Balaban J connectivity index is 2.56. The molecular weight excluding hydrogens is 512 g/mol. The van der Waals surface area contributed by atoms with Crippen LogP contribution < -0.4 is 5.11 Å². The van der Waals surface area contributed by atoms with Crippen molar-refractivity contribution < 1.29 is 34.2 Å². The van der Waals surface area contributed by atoms with Crippen LogP contribution in [0.5, 0.6) is 11.5 Å². The SMILES string of the molecule is CC(=O)OC(OC(C)=O)c1ccc2c([O-])c3c(Cl)c(Cl)c(Cl)c(Cl)c3c(O)c2c1[N+](=O)[O-]. The maximum atomic E-state index is 13.1. The van der Waals surface area contributed by atoms with E-state index in [1.54, 1.807) is 0 Å². The van der Waals surface area contributed by atoms with Crippen LogP contribution in [-0.4, -0.2) is 22.0 Å². The molecule has 0 fully saturated rings. The first kappa shape index (κ1) is 23.9. The van der Waals surface area contributed by atoms with E-state index in [9.17, 15) is 29.9 Å². The number of nitro groups is 1. The van der Waals surface area contributed by atoms with Gasteiger partial charge in [0.25, 0.3) is 12.0 Å². The first-order valence-electron chi connectivity index (χ1n) is 8.51. The van der Waals surface area contributed by atoms with Crippen LogP contribution in [0.25, 0.3) is 21.5 Å². The summed E-state index contributed by atoms with van der Waals surface area (Å²) in [5.41, 5.74) is -1.27. The summed E-state index contributed by atoms with van der Waals surface area (Å²) in [4.78, 5) is 34.0. The minimum atomic E-state index is -1.83. The standard InChI is InChI=1S/C19H11Cl4NO8/c1-5(25)31-19(32-6(2)26)8-4-3-7-9(16(8)24(29)30)18(28)11-10(17(7)27)12(20)14(22)15(23)13(11)21/h3-4,19,27-28H,1-2H3/p-1. The maximum absolute atomic E-state index is 13.1. The number of nitro benzene ring substituents is 1. The van der Waals surface area contributed by atoms with E-state index >= 15 is 0 Å². The monoisotopic (exact) mass is 520 g/mol. The minimum Gasteiger partial charge on any atom is -0.872 e. The molecule has 0 aliphatic carbocycles. The van der Waals surface area contributed by atoms with Crippen molar-refractivity contribution in [3.8, 4) is 11.5 Å². The number of hydrogen-bond donors (Lipinski definition) is 1. The van der Waals surface area contributed by atoms with Crippen LogP contribution in [0.1, 0.15) is 25.7 Å². The summed E-state index contributed by atoms with van der Waals surface area (Å²) in [7, 11) is 0. The van der Waals surface area contributed by atoms with Crippen molar-refractivity contribution >= 4 is 85.6 Å². The molecule has 13 heteroatoms. The average molecular weight is 522 g/mol. The fourth-order valence-corrected chi connectivity index (χ4v) is 4.23. The van der Waals surface area contributed by atoms with Crippen molar-refractivity contribution in [1.82, 2.24) is 0 Å². The number of carbonyl (C=O) groups excluding carboxylic acids is 2. The van der Waals surface area contributed by atoms with Gasteiger partial charge in [0.15, 0.2) is 0 Å². The Morgan fingerprint density at radius 3 is 1.91 bits per heavy atom. The molecule has 0 bridgehead atoms. The Bertz CT molecular complexity index is 1330. The van der Waals surface area contributed by atoms with Crippen molar-refractivity contribution in [2.75, 3.05) is 0 Å². The fourth-order valence-electron chi connectivity index (χ4n) is 3.20. The molecule has 0 atom stereocenters. The molecule has 1 N–H and O–H groups in total. The predicted molar refractivity (Wildman–Crippen MR) is 116 cm³/mol. The van der Waals surface area contributed by atoms with Crippen molar-refractivity contribution in [2.24, 2.45) is 0 Å². The zero-order valence-electron chi connectivity index (χ0n) is 16.0. The third-order valence-corrected chi connectivity index (χ3v) is 6.21. The molecule has 0 amide bonds. The van der Waals surface area contributed by atoms with Crippen LogP contribution in [0.15, 0.2) is 12.1 Å². The maximum Gasteiger partial charge on any atom is 0.305 e. The van der Waals surface area contributed by atoms with E-state index in [4.69, 9.17) is 55.9 Å². The number of phenolic OH excluding ortho intramolecular Hbond substituents is 1. The highest BCUT2D eigenvalue weighted by molar-refractivity contribution is 6.56. The second-order valence-electron chi connectivity index (χ2n) is 6.42. The lowest BCUT2D eigenvalue weighted by atomic mass is 9.96. The molecule has 0 aromatic heterocycles. The van der Waals surface area contributed by atoms with E-state index < -0.39 is 51.3 Å². The molecule has 0 spiro atoms. The molecule has 3 aromatic rings. The van der Waals surface area contributed by atoms with Crippen LogP contribution in [-0.2, 0) is 19.1 Å². The summed E-state index contributed by atoms with van der Waals surface area (Å²) in [5.74, 6) is -3.44. The van der Waals surface area contributed by atoms with Gasteiger partial charge in [0.05, 0.1) is 25.0 Å². The Morgan fingerprint density at radius 1 is 0.938 bits per heavy atom. The lowest BCUT2D eigenvalue weighted by molar-refractivity contribution is -0.385. The number of aromatic hydroxyl groups is 1. The van der Waals surface area contributed by atoms with Gasteiger partial charge >= 0.3 is 11.9 Å². The Morgan fingerprint density at radius 2 is 1.44 bits per heavy atom. The smallest absolute Gasteiger partial charge is 0.305 e. The second-order valence-corrected chi connectivity index (χ2v) is 7.93. The number of ether oxygens (including phenoxy) is 2. The first-order chi connectivity index (χ1) is 14.9. The normalized spacial score (nSPS) is 11.2. The zero-order chi connectivity index (χ0) is 24.1. The van der Waals surface area contributed by atoms with Gasteiger partial charge in [-0.3, -0.25) is 19.7 Å². The third-order valence-electron chi connectivity index (χ3n) is 4.40. The van der Waals surface area contributed by atoms with Gasteiger partial charge in [-0.2, -0.15) is 0 Å². The van der Waals surface area contributed by atoms with E-state index in [0.29, 0.717) is 0 Å². The van der Waals surface area contributed by atoms with E-state index in [0.717, 1.165) is 26.0 Å². The zero-order valence-corrected chi connectivity index (χ0v) is 19.0.